The molecule has 1 aromatic rings. The van der Waals surface area contributed by atoms with Gasteiger partial charge >= 0.3 is 0 Å². The smallest absolute Gasteiger partial charge is 0.231 e. The van der Waals surface area contributed by atoms with Gasteiger partial charge in [0.1, 0.15) is 0 Å². The van der Waals surface area contributed by atoms with Gasteiger partial charge in [-0.3, -0.25) is 9.59 Å². The molecule has 0 aromatic heterocycles. The Kier molecular flexibility index (Phi) is 5.97. The molecule has 5 nitrogen and oxygen atoms in total. The van der Waals surface area contributed by atoms with Crippen LogP contribution in [0.4, 0.5) is 0 Å². The maximum Gasteiger partial charge on any atom is 0.231 e. The average Bonchev–Trinajstić information content (AvgIpc) is 2.66. The summed E-state index contributed by atoms with van der Waals surface area (Å²) in [5.74, 6) is 0.378. The van der Waals surface area contributed by atoms with Gasteiger partial charge in [0.2, 0.25) is 11.8 Å². The molecule has 1 aromatic carbocycles. The van der Waals surface area contributed by atoms with Crippen molar-refractivity contribution in [3.05, 3.63) is 35.9 Å². The van der Waals surface area contributed by atoms with Gasteiger partial charge in [-0.15, -0.1) is 0 Å². The molecule has 26 heavy (non-hydrogen) atoms. The number of benzene rings is 1. The van der Waals surface area contributed by atoms with E-state index in [0.717, 1.165) is 52.0 Å². The molecule has 142 valence electrons. The molecular formula is C21H31N3O2. The van der Waals surface area contributed by atoms with Gasteiger partial charge in [0.05, 0.1) is 11.3 Å². The standard InChI is InChI=1S/C21H31N3O2/c1-3-23(4-2)19(25)18-11-8-12-24(14-18)20(26)21(15-22-16-21)13-17-9-6-5-7-10-17/h5-7,9-10,18,22H,3-4,8,11-16H2,1-2H3. The van der Waals surface area contributed by atoms with Gasteiger partial charge in [-0.05, 0) is 38.7 Å². The Balaban J connectivity index is 1.69. The predicted molar refractivity (Wildman–Crippen MR) is 103 cm³/mol. The van der Waals surface area contributed by atoms with Crippen LogP contribution in [0.2, 0.25) is 0 Å². The van der Waals surface area contributed by atoms with E-state index in [-0.39, 0.29) is 23.1 Å². The van der Waals surface area contributed by atoms with E-state index in [1.54, 1.807) is 0 Å². The Bertz CT molecular complexity index is 623. The van der Waals surface area contributed by atoms with E-state index in [9.17, 15) is 9.59 Å². The molecule has 5 heteroatoms. The highest BCUT2D eigenvalue weighted by molar-refractivity contribution is 5.86. The van der Waals surface area contributed by atoms with Gasteiger partial charge in [-0.25, -0.2) is 0 Å². The average molecular weight is 357 g/mol. The quantitative estimate of drug-likeness (QED) is 0.846. The summed E-state index contributed by atoms with van der Waals surface area (Å²) in [5.41, 5.74) is 0.858. The number of amides is 2. The Hall–Kier alpha value is -1.88. The second-order valence-electron chi connectivity index (χ2n) is 7.65. The van der Waals surface area contributed by atoms with E-state index in [1.807, 2.05) is 41.8 Å². The molecule has 0 saturated carbocycles. The third-order valence-electron chi connectivity index (χ3n) is 5.90. The number of piperidine rings is 1. The number of hydrogen-bond acceptors (Lipinski definition) is 3. The Labute approximate surface area is 156 Å². The fourth-order valence-corrected chi connectivity index (χ4v) is 4.26. The number of rotatable bonds is 6. The molecule has 2 saturated heterocycles. The number of carbonyl (C=O) groups excluding carboxylic acids is 2. The number of nitrogens with one attached hydrogen (secondary N) is 1. The van der Waals surface area contributed by atoms with Crippen LogP contribution < -0.4 is 5.32 Å². The molecule has 0 aliphatic carbocycles. The first kappa shape index (κ1) is 18.9. The molecule has 0 spiro atoms. The van der Waals surface area contributed by atoms with Gasteiger partial charge in [0, 0.05) is 39.3 Å². The van der Waals surface area contributed by atoms with Crippen LogP contribution in [0.1, 0.15) is 32.3 Å². The van der Waals surface area contributed by atoms with Crippen molar-refractivity contribution in [1.29, 1.82) is 0 Å². The lowest BCUT2D eigenvalue weighted by molar-refractivity contribution is -0.149. The van der Waals surface area contributed by atoms with Crippen LogP contribution in [0.5, 0.6) is 0 Å². The zero-order valence-electron chi connectivity index (χ0n) is 16.0. The first-order valence-electron chi connectivity index (χ1n) is 9.92. The lowest BCUT2D eigenvalue weighted by atomic mass is 9.74. The normalized spacial score (nSPS) is 21.8. The largest absolute Gasteiger partial charge is 0.343 e. The lowest BCUT2D eigenvalue weighted by Crippen LogP contribution is -2.64. The SMILES string of the molecule is CCN(CC)C(=O)C1CCCN(C(=O)C2(Cc3ccccc3)CNC2)C1. The zero-order valence-corrected chi connectivity index (χ0v) is 16.0. The molecule has 1 N–H and O–H groups in total. The first-order chi connectivity index (χ1) is 12.6. The molecule has 2 aliphatic rings. The minimum Gasteiger partial charge on any atom is -0.343 e. The lowest BCUT2D eigenvalue weighted by Gasteiger charge is -2.46. The van der Waals surface area contributed by atoms with Crippen molar-refractivity contribution in [3.8, 4) is 0 Å². The summed E-state index contributed by atoms with van der Waals surface area (Å²) in [5, 5.41) is 3.29. The molecule has 0 radical (unpaired) electrons. The Morgan fingerprint density at radius 3 is 2.46 bits per heavy atom. The molecule has 2 heterocycles. The van der Waals surface area contributed by atoms with E-state index in [4.69, 9.17) is 0 Å². The fourth-order valence-electron chi connectivity index (χ4n) is 4.26. The van der Waals surface area contributed by atoms with E-state index in [1.165, 1.54) is 5.56 Å². The molecule has 2 amide bonds. The van der Waals surface area contributed by atoms with Crippen LogP contribution in [0, 0.1) is 11.3 Å². The van der Waals surface area contributed by atoms with Crippen molar-refractivity contribution in [3.63, 3.8) is 0 Å². The van der Waals surface area contributed by atoms with Crippen LogP contribution in [-0.4, -0.2) is 60.9 Å². The van der Waals surface area contributed by atoms with Crippen molar-refractivity contribution in [2.24, 2.45) is 11.3 Å². The summed E-state index contributed by atoms with van der Waals surface area (Å²) in [4.78, 5) is 29.9. The second kappa shape index (κ2) is 8.21. The van der Waals surface area contributed by atoms with E-state index in [2.05, 4.69) is 17.4 Å². The van der Waals surface area contributed by atoms with Crippen LogP contribution >= 0.6 is 0 Å². The molecule has 1 unspecified atom stereocenters. The maximum absolute atomic E-state index is 13.3. The third kappa shape index (κ3) is 3.78. The van der Waals surface area contributed by atoms with Gasteiger partial charge < -0.3 is 15.1 Å². The van der Waals surface area contributed by atoms with E-state index >= 15 is 0 Å². The molecular weight excluding hydrogens is 326 g/mol. The van der Waals surface area contributed by atoms with E-state index < -0.39 is 0 Å². The Morgan fingerprint density at radius 1 is 1.19 bits per heavy atom. The highest BCUT2D eigenvalue weighted by atomic mass is 16.2. The molecule has 3 rings (SSSR count). The van der Waals surface area contributed by atoms with Crippen LogP contribution in [0.3, 0.4) is 0 Å². The third-order valence-corrected chi connectivity index (χ3v) is 5.90. The van der Waals surface area contributed by atoms with E-state index in [0.29, 0.717) is 6.54 Å². The molecule has 2 aliphatic heterocycles. The van der Waals surface area contributed by atoms with Crippen molar-refractivity contribution in [1.82, 2.24) is 15.1 Å². The number of nitrogens with zero attached hydrogens (tertiary/aromatic N) is 2. The van der Waals surface area contributed by atoms with Gasteiger partial charge in [0.25, 0.3) is 0 Å². The second-order valence-corrected chi connectivity index (χ2v) is 7.65. The summed E-state index contributed by atoms with van der Waals surface area (Å²) < 4.78 is 0. The van der Waals surface area contributed by atoms with Crippen LogP contribution in [0.25, 0.3) is 0 Å². The minimum atomic E-state index is -0.346. The number of likely N-dealkylation sites (tertiary alicyclic amines) is 1. The molecule has 2 fully saturated rings. The number of carbonyl (C=O) groups is 2. The summed E-state index contributed by atoms with van der Waals surface area (Å²) in [7, 11) is 0. The summed E-state index contributed by atoms with van der Waals surface area (Å²) in [6, 6.07) is 10.2. The van der Waals surface area contributed by atoms with Crippen molar-refractivity contribution < 1.29 is 9.59 Å². The van der Waals surface area contributed by atoms with Crippen LogP contribution in [-0.2, 0) is 16.0 Å². The van der Waals surface area contributed by atoms with Gasteiger partial charge in [0.15, 0.2) is 0 Å². The van der Waals surface area contributed by atoms with Gasteiger partial charge in [-0.1, -0.05) is 30.3 Å². The van der Waals surface area contributed by atoms with Crippen molar-refractivity contribution >= 4 is 11.8 Å². The van der Waals surface area contributed by atoms with Gasteiger partial charge in [-0.2, -0.15) is 0 Å². The minimum absolute atomic E-state index is 0.0468. The zero-order chi connectivity index (χ0) is 18.6. The molecule has 0 bridgehead atoms. The van der Waals surface area contributed by atoms with Crippen molar-refractivity contribution in [2.45, 2.75) is 33.1 Å². The first-order valence-corrected chi connectivity index (χ1v) is 9.92. The summed E-state index contributed by atoms with van der Waals surface area (Å²) in [6.07, 6.45) is 2.58. The van der Waals surface area contributed by atoms with Crippen molar-refractivity contribution in [2.75, 3.05) is 39.3 Å². The highest BCUT2D eigenvalue weighted by Gasteiger charge is 2.47. The topological polar surface area (TPSA) is 52.7 Å². The van der Waals surface area contributed by atoms with Crippen LogP contribution in [0.15, 0.2) is 30.3 Å². The summed E-state index contributed by atoms with van der Waals surface area (Å²) in [6.45, 7) is 8.31. The molecule has 1 atom stereocenters. The highest BCUT2D eigenvalue weighted by Crippen LogP contribution is 2.32. The summed E-state index contributed by atoms with van der Waals surface area (Å²) >= 11 is 0. The predicted octanol–water partition coefficient (Wildman–Crippen LogP) is 1.93. The fraction of sp³-hybridized carbons (Fsp3) is 0.619. The Morgan fingerprint density at radius 2 is 1.88 bits per heavy atom. The monoisotopic (exact) mass is 357 g/mol. The number of hydrogen-bond donors (Lipinski definition) is 1. The maximum atomic E-state index is 13.3.